The maximum atomic E-state index is 12.8. The standard InChI is InChI=1S/C15H13BrN2O4S2/c16-9-5-11(14-12(6-9)22-7-13(19)17-14)18-24(20,21)15-10(3-4-23-15)8-1-2-8/h3-6,8,18H,1-2,7H2,(H,17,19). The van der Waals surface area contributed by atoms with Gasteiger partial charge in [-0.3, -0.25) is 9.52 Å². The maximum Gasteiger partial charge on any atom is 0.271 e. The van der Waals surface area contributed by atoms with Crippen LogP contribution in [0.25, 0.3) is 0 Å². The predicted octanol–water partition coefficient (Wildman–Crippen LogP) is 3.52. The Labute approximate surface area is 151 Å². The Bertz CT molecular complexity index is 935. The highest BCUT2D eigenvalue weighted by Crippen LogP contribution is 2.45. The van der Waals surface area contributed by atoms with Gasteiger partial charge in [0.25, 0.3) is 15.9 Å². The first-order valence-electron chi connectivity index (χ1n) is 7.30. The molecule has 0 radical (unpaired) electrons. The summed E-state index contributed by atoms with van der Waals surface area (Å²) in [5.74, 6) is 0.442. The average Bonchev–Trinajstić information content (AvgIpc) is 3.24. The lowest BCUT2D eigenvalue weighted by Crippen LogP contribution is -2.26. The summed E-state index contributed by atoms with van der Waals surface area (Å²) in [5.41, 5.74) is 1.49. The van der Waals surface area contributed by atoms with Crippen LogP contribution in [-0.2, 0) is 14.8 Å². The van der Waals surface area contributed by atoms with Crippen LogP contribution in [0.3, 0.4) is 0 Å². The Morgan fingerprint density at radius 3 is 2.88 bits per heavy atom. The highest BCUT2D eigenvalue weighted by molar-refractivity contribution is 9.10. The number of amides is 1. The molecule has 2 N–H and O–H groups in total. The normalized spacial score (nSPS) is 17.0. The van der Waals surface area contributed by atoms with E-state index in [2.05, 4.69) is 26.0 Å². The highest BCUT2D eigenvalue weighted by Gasteiger charge is 2.32. The van der Waals surface area contributed by atoms with Crippen molar-refractivity contribution in [2.24, 2.45) is 0 Å². The maximum absolute atomic E-state index is 12.8. The van der Waals surface area contributed by atoms with E-state index in [9.17, 15) is 13.2 Å². The Hall–Kier alpha value is -1.58. The van der Waals surface area contributed by atoms with Gasteiger partial charge in [-0.1, -0.05) is 15.9 Å². The summed E-state index contributed by atoms with van der Waals surface area (Å²) in [6, 6.07) is 5.17. The van der Waals surface area contributed by atoms with Crippen LogP contribution in [-0.4, -0.2) is 20.9 Å². The monoisotopic (exact) mass is 428 g/mol. The molecule has 9 heteroatoms. The van der Waals surface area contributed by atoms with Crippen LogP contribution >= 0.6 is 27.3 Å². The average molecular weight is 429 g/mol. The van der Waals surface area contributed by atoms with E-state index in [0.29, 0.717) is 26.0 Å². The third-order valence-corrected chi connectivity index (χ3v) is 7.19. The lowest BCUT2D eigenvalue weighted by molar-refractivity contribution is -0.118. The number of nitrogens with one attached hydrogen (secondary N) is 2. The van der Waals surface area contributed by atoms with E-state index in [4.69, 9.17) is 4.74 Å². The van der Waals surface area contributed by atoms with Gasteiger partial charge in [0.2, 0.25) is 0 Å². The van der Waals surface area contributed by atoms with Crippen molar-refractivity contribution in [1.82, 2.24) is 0 Å². The molecule has 1 amide bonds. The lowest BCUT2D eigenvalue weighted by atomic mass is 10.2. The molecule has 1 saturated carbocycles. The summed E-state index contributed by atoms with van der Waals surface area (Å²) in [4.78, 5) is 11.6. The van der Waals surface area contributed by atoms with E-state index < -0.39 is 10.0 Å². The quantitative estimate of drug-likeness (QED) is 0.779. The molecule has 6 nitrogen and oxygen atoms in total. The zero-order valence-corrected chi connectivity index (χ0v) is 15.6. The van der Waals surface area contributed by atoms with Gasteiger partial charge in [0.05, 0.1) is 5.69 Å². The van der Waals surface area contributed by atoms with Crippen LogP contribution in [0.2, 0.25) is 0 Å². The van der Waals surface area contributed by atoms with Crippen molar-refractivity contribution < 1.29 is 17.9 Å². The van der Waals surface area contributed by atoms with Gasteiger partial charge in [-0.25, -0.2) is 8.42 Å². The van der Waals surface area contributed by atoms with Crippen LogP contribution in [0.1, 0.15) is 24.3 Å². The number of rotatable bonds is 4. The molecular formula is C15H13BrN2O4S2. The molecule has 1 aromatic carbocycles. The Morgan fingerprint density at radius 1 is 1.33 bits per heavy atom. The third-order valence-electron chi connectivity index (χ3n) is 3.85. The van der Waals surface area contributed by atoms with Crippen molar-refractivity contribution in [2.45, 2.75) is 23.0 Å². The van der Waals surface area contributed by atoms with E-state index in [-0.39, 0.29) is 18.2 Å². The van der Waals surface area contributed by atoms with E-state index in [0.717, 1.165) is 18.4 Å². The summed E-state index contributed by atoms with van der Waals surface area (Å²) in [6.07, 6.45) is 2.05. The smallest absolute Gasteiger partial charge is 0.271 e. The molecule has 0 spiro atoms. The van der Waals surface area contributed by atoms with Crippen LogP contribution in [0.4, 0.5) is 11.4 Å². The Balaban J connectivity index is 1.73. The number of carbonyl (C=O) groups is 1. The number of hydrogen-bond donors (Lipinski definition) is 2. The number of benzene rings is 1. The number of anilines is 2. The van der Waals surface area contributed by atoms with Gasteiger partial charge in [-0.15, -0.1) is 11.3 Å². The minimum Gasteiger partial charge on any atom is -0.481 e. The van der Waals surface area contributed by atoms with E-state index in [1.165, 1.54) is 11.3 Å². The molecule has 2 heterocycles. The Morgan fingerprint density at radius 2 is 2.12 bits per heavy atom. The predicted molar refractivity (Wildman–Crippen MR) is 95.4 cm³/mol. The summed E-state index contributed by atoms with van der Waals surface area (Å²) in [6.45, 7) is -0.0909. The molecule has 0 unspecified atom stereocenters. The number of halogens is 1. The second-order valence-corrected chi connectivity index (χ2v) is 9.42. The van der Waals surface area contributed by atoms with E-state index >= 15 is 0 Å². The fourth-order valence-electron chi connectivity index (χ4n) is 2.64. The van der Waals surface area contributed by atoms with Gasteiger partial charge in [-0.05, 0) is 47.9 Å². The van der Waals surface area contributed by atoms with Gasteiger partial charge < -0.3 is 10.1 Å². The third kappa shape index (κ3) is 2.91. The Kier molecular flexibility index (Phi) is 3.81. The first-order valence-corrected chi connectivity index (χ1v) is 10.5. The second-order valence-electron chi connectivity index (χ2n) is 5.71. The van der Waals surface area contributed by atoms with Crippen molar-refractivity contribution in [2.75, 3.05) is 16.6 Å². The highest BCUT2D eigenvalue weighted by atomic mass is 79.9. The van der Waals surface area contributed by atoms with Gasteiger partial charge in [0.15, 0.2) is 6.61 Å². The molecule has 1 aliphatic carbocycles. The molecule has 4 rings (SSSR count). The number of fused-ring (bicyclic) bond motifs is 1. The van der Waals surface area contributed by atoms with Crippen LogP contribution < -0.4 is 14.8 Å². The zero-order valence-electron chi connectivity index (χ0n) is 12.3. The number of ether oxygens (including phenoxy) is 1. The molecule has 0 atom stereocenters. The van der Waals surface area contributed by atoms with Gasteiger partial charge >= 0.3 is 0 Å². The molecule has 2 aliphatic rings. The minimum absolute atomic E-state index is 0.0909. The molecule has 1 aromatic heterocycles. The molecule has 1 fully saturated rings. The van der Waals surface area contributed by atoms with Crippen LogP contribution in [0.15, 0.2) is 32.3 Å². The molecule has 0 saturated heterocycles. The van der Waals surface area contributed by atoms with Gasteiger partial charge in [-0.2, -0.15) is 0 Å². The zero-order chi connectivity index (χ0) is 16.9. The van der Waals surface area contributed by atoms with Crippen molar-refractivity contribution >= 4 is 54.6 Å². The SMILES string of the molecule is O=C1COc2cc(Br)cc(NS(=O)(=O)c3sccc3C3CC3)c2N1. The molecule has 126 valence electrons. The van der Waals surface area contributed by atoms with Crippen LogP contribution in [0.5, 0.6) is 5.75 Å². The number of sulfonamides is 1. The molecular weight excluding hydrogens is 416 g/mol. The molecule has 1 aliphatic heterocycles. The number of thiophene rings is 1. The molecule has 24 heavy (non-hydrogen) atoms. The number of carbonyl (C=O) groups excluding carboxylic acids is 1. The largest absolute Gasteiger partial charge is 0.481 e. The van der Waals surface area contributed by atoms with Crippen molar-refractivity contribution in [3.05, 3.63) is 33.6 Å². The van der Waals surface area contributed by atoms with E-state index in [1.54, 1.807) is 17.5 Å². The van der Waals surface area contributed by atoms with Gasteiger partial charge in [0, 0.05) is 4.47 Å². The topological polar surface area (TPSA) is 84.5 Å². The minimum atomic E-state index is -3.73. The first-order chi connectivity index (χ1) is 11.4. The van der Waals surface area contributed by atoms with Crippen molar-refractivity contribution in [3.63, 3.8) is 0 Å². The van der Waals surface area contributed by atoms with Crippen molar-refractivity contribution in [1.29, 1.82) is 0 Å². The fourth-order valence-corrected chi connectivity index (χ4v) is 5.67. The van der Waals surface area contributed by atoms with Crippen LogP contribution in [0, 0.1) is 0 Å². The first kappa shape index (κ1) is 15.9. The number of hydrogen-bond acceptors (Lipinski definition) is 5. The fraction of sp³-hybridized carbons (Fsp3) is 0.267. The lowest BCUT2D eigenvalue weighted by Gasteiger charge is -2.21. The van der Waals surface area contributed by atoms with Gasteiger partial charge in [0.1, 0.15) is 15.6 Å². The molecule has 0 bridgehead atoms. The van der Waals surface area contributed by atoms with E-state index in [1.807, 2.05) is 6.07 Å². The van der Waals surface area contributed by atoms with Crippen molar-refractivity contribution in [3.8, 4) is 5.75 Å². The summed E-state index contributed by atoms with van der Waals surface area (Å²) in [5, 5.41) is 4.46. The second kappa shape index (κ2) is 5.75. The summed E-state index contributed by atoms with van der Waals surface area (Å²) < 4.78 is 34.6. The summed E-state index contributed by atoms with van der Waals surface area (Å²) in [7, 11) is -3.73. The molecule has 2 aromatic rings. The summed E-state index contributed by atoms with van der Waals surface area (Å²) >= 11 is 4.54.